The molecule has 1 fully saturated rings. The van der Waals surface area contributed by atoms with E-state index in [2.05, 4.69) is 31.4 Å². The molecule has 0 aliphatic heterocycles. The average Bonchev–Trinajstić information content (AvgIpc) is 2.58. The van der Waals surface area contributed by atoms with Gasteiger partial charge in [-0.2, -0.15) is 10.2 Å². The summed E-state index contributed by atoms with van der Waals surface area (Å²) in [6.07, 6.45) is 5.83. The highest BCUT2D eigenvalue weighted by Gasteiger charge is 2.24. The van der Waals surface area contributed by atoms with Crippen LogP contribution in [0, 0.1) is 13.8 Å². The smallest absolute Gasteiger partial charge is 0.253 e. The first-order valence-electron chi connectivity index (χ1n) is 6.84. The molecule has 1 N–H and O–H groups in total. The van der Waals surface area contributed by atoms with Crippen LogP contribution < -0.4 is 5.32 Å². The van der Waals surface area contributed by atoms with Gasteiger partial charge in [-0.3, -0.25) is 4.79 Å². The highest BCUT2D eigenvalue weighted by Crippen LogP contribution is 2.24. The van der Waals surface area contributed by atoms with Crippen molar-refractivity contribution in [3.8, 4) is 0 Å². The van der Waals surface area contributed by atoms with Crippen LogP contribution in [0.2, 0.25) is 0 Å². The molecule has 2 rings (SSSR count). The number of carbonyl (C=O) groups excluding carboxylic acids is 1. The average molecular weight is 326 g/mol. The van der Waals surface area contributed by atoms with Crippen LogP contribution >= 0.6 is 15.9 Å². The molecular weight excluding hydrogens is 306 g/mol. The van der Waals surface area contributed by atoms with E-state index in [1.165, 1.54) is 19.3 Å². The molecule has 1 amide bonds. The second-order valence-electron chi connectivity index (χ2n) is 5.22. The van der Waals surface area contributed by atoms with Crippen molar-refractivity contribution in [2.75, 3.05) is 0 Å². The largest absolute Gasteiger partial charge is 0.348 e. The highest BCUT2D eigenvalue weighted by atomic mass is 79.9. The molecule has 1 aliphatic rings. The molecule has 1 saturated carbocycles. The number of hydrogen-bond acceptors (Lipinski definition) is 3. The Kier molecular flexibility index (Phi) is 4.91. The molecule has 1 aromatic heterocycles. The SMILES string of the molecule is Cc1cc(C(=O)NC2CCCCCC2Br)c(C)nn1. The van der Waals surface area contributed by atoms with Gasteiger partial charge in [0.1, 0.15) is 0 Å². The van der Waals surface area contributed by atoms with Crippen LogP contribution in [0.4, 0.5) is 0 Å². The third-order valence-corrected chi connectivity index (χ3v) is 4.69. The predicted octanol–water partition coefficient (Wildman–Crippen LogP) is 2.92. The summed E-state index contributed by atoms with van der Waals surface area (Å²) in [7, 11) is 0. The molecular formula is C14H20BrN3O. The molecule has 1 heterocycles. The molecule has 19 heavy (non-hydrogen) atoms. The fraction of sp³-hybridized carbons (Fsp3) is 0.643. The maximum Gasteiger partial charge on any atom is 0.253 e. The zero-order valence-electron chi connectivity index (χ0n) is 11.4. The number of nitrogens with zero attached hydrogens (tertiary/aromatic N) is 2. The zero-order chi connectivity index (χ0) is 13.8. The zero-order valence-corrected chi connectivity index (χ0v) is 13.0. The predicted molar refractivity (Wildman–Crippen MR) is 78.6 cm³/mol. The van der Waals surface area contributed by atoms with E-state index in [0.29, 0.717) is 16.1 Å². The molecule has 2 atom stereocenters. The summed E-state index contributed by atoms with van der Waals surface area (Å²) in [5, 5.41) is 11.1. The third kappa shape index (κ3) is 3.75. The molecule has 0 bridgehead atoms. The second-order valence-corrected chi connectivity index (χ2v) is 6.39. The summed E-state index contributed by atoms with van der Waals surface area (Å²) in [6, 6.07) is 2.01. The lowest BCUT2D eigenvalue weighted by Gasteiger charge is -2.21. The monoisotopic (exact) mass is 325 g/mol. The lowest BCUT2D eigenvalue weighted by Crippen LogP contribution is -2.40. The summed E-state index contributed by atoms with van der Waals surface area (Å²) < 4.78 is 0. The first kappa shape index (κ1) is 14.4. The van der Waals surface area contributed by atoms with E-state index >= 15 is 0 Å². The van der Waals surface area contributed by atoms with Gasteiger partial charge in [-0.15, -0.1) is 0 Å². The Balaban J connectivity index is 2.09. The van der Waals surface area contributed by atoms with Crippen LogP contribution in [0.25, 0.3) is 0 Å². The van der Waals surface area contributed by atoms with Gasteiger partial charge in [0.15, 0.2) is 0 Å². The van der Waals surface area contributed by atoms with E-state index in [9.17, 15) is 4.79 Å². The van der Waals surface area contributed by atoms with Gasteiger partial charge in [-0.05, 0) is 32.8 Å². The number of halogens is 1. The van der Waals surface area contributed by atoms with Crippen molar-refractivity contribution >= 4 is 21.8 Å². The van der Waals surface area contributed by atoms with Crippen molar-refractivity contribution in [1.29, 1.82) is 0 Å². The van der Waals surface area contributed by atoms with Crippen LogP contribution in [-0.2, 0) is 0 Å². The molecule has 1 aromatic rings. The minimum atomic E-state index is -0.0353. The third-order valence-electron chi connectivity index (χ3n) is 3.59. The van der Waals surface area contributed by atoms with E-state index in [1.54, 1.807) is 6.07 Å². The van der Waals surface area contributed by atoms with Crippen LogP contribution in [0.3, 0.4) is 0 Å². The van der Waals surface area contributed by atoms with Crippen molar-refractivity contribution in [1.82, 2.24) is 15.5 Å². The maximum atomic E-state index is 12.3. The van der Waals surface area contributed by atoms with E-state index in [1.807, 2.05) is 13.8 Å². The number of nitrogens with one attached hydrogen (secondary N) is 1. The van der Waals surface area contributed by atoms with Crippen molar-refractivity contribution in [2.45, 2.75) is 56.8 Å². The lowest BCUT2D eigenvalue weighted by molar-refractivity contribution is 0.0933. The summed E-state index contributed by atoms with van der Waals surface area (Å²) >= 11 is 3.70. The summed E-state index contributed by atoms with van der Waals surface area (Å²) in [6.45, 7) is 3.67. The quantitative estimate of drug-likeness (QED) is 0.672. The highest BCUT2D eigenvalue weighted by molar-refractivity contribution is 9.09. The fourth-order valence-corrected chi connectivity index (χ4v) is 3.17. The van der Waals surface area contributed by atoms with Crippen LogP contribution in [0.1, 0.15) is 53.8 Å². The van der Waals surface area contributed by atoms with Gasteiger partial charge in [-0.1, -0.05) is 35.2 Å². The standard InChI is InChI=1S/C14H20BrN3O/c1-9-8-11(10(2)18-17-9)14(19)16-13-7-5-3-4-6-12(13)15/h8,12-13H,3-7H2,1-2H3,(H,16,19). The van der Waals surface area contributed by atoms with E-state index in [4.69, 9.17) is 0 Å². The van der Waals surface area contributed by atoms with Gasteiger partial charge in [0, 0.05) is 10.9 Å². The normalized spacial score (nSPS) is 23.7. The van der Waals surface area contributed by atoms with E-state index in [0.717, 1.165) is 18.5 Å². The molecule has 0 spiro atoms. The van der Waals surface area contributed by atoms with Crippen molar-refractivity contribution in [3.63, 3.8) is 0 Å². The first-order chi connectivity index (χ1) is 9.08. The van der Waals surface area contributed by atoms with Gasteiger partial charge in [0.05, 0.1) is 17.0 Å². The first-order valence-corrected chi connectivity index (χ1v) is 7.75. The van der Waals surface area contributed by atoms with Gasteiger partial charge >= 0.3 is 0 Å². The van der Waals surface area contributed by atoms with E-state index in [-0.39, 0.29) is 11.9 Å². The Hall–Kier alpha value is -0.970. The Bertz CT molecular complexity index is 464. The number of aromatic nitrogens is 2. The molecule has 2 unspecified atom stereocenters. The second kappa shape index (κ2) is 6.46. The Labute approximate surface area is 122 Å². The molecule has 4 nitrogen and oxygen atoms in total. The van der Waals surface area contributed by atoms with Gasteiger partial charge in [0.2, 0.25) is 0 Å². The molecule has 5 heteroatoms. The number of aryl methyl sites for hydroxylation is 2. The molecule has 104 valence electrons. The summed E-state index contributed by atoms with van der Waals surface area (Å²) in [4.78, 5) is 12.7. The van der Waals surface area contributed by atoms with Gasteiger partial charge < -0.3 is 5.32 Å². The number of carbonyl (C=O) groups is 1. The van der Waals surface area contributed by atoms with Crippen molar-refractivity contribution in [2.24, 2.45) is 0 Å². The summed E-state index contributed by atoms with van der Waals surface area (Å²) in [5.41, 5.74) is 2.09. The van der Waals surface area contributed by atoms with Crippen LogP contribution in [0.5, 0.6) is 0 Å². The van der Waals surface area contributed by atoms with Crippen molar-refractivity contribution < 1.29 is 4.79 Å². The van der Waals surface area contributed by atoms with Gasteiger partial charge in [0.25, 0.3) is 5.91 Å². The maximum absolute atomic E-state index is 12.3. The van der Waals surface area contributed by atoms with E-state index < -0.39 is 0 Å². The Morgan fingerprint density at radius 1 is 1.26 bits per heavy atom. The Morgan fingerprint density at radius 2 is 2.00 bits per heavy atom. The lowest BCUT2D eigenvalue weighted by atomic mass is 10.1. The molecule has 0 aromatic carbocycles. The van der Waals surface area contributed by atoms with Crippen molar-refractivity contribution in [3.05, 3.63) is 23.0 Å². The fourth-order valence-electron chi connectivity index (χ4n) is 2.45. The van der Waals surface area contributed by atoms with Gasteiger partial charge in [-0.25, -0.2) is 0 Å². The number of amides is 1. The van der Waals surface area contributed by atoms with Crippen LogP contribution in [0.15, 0.2) is 6.07 Å². The molecule has 0 radical (unpaired) electrons. The molecule has 0 saturated heterocycles. The number of alkyl halides is 1. The Morgan fingerprint density at radius 3 is 2.79 bits per heavy atom. The number of hydrogen-bond donors (Lipinski definition) is 1. The topological polar surface area (TPSA) is 54.9 Å². The minimum Gasteiger partial charge on any atom is -0.348 e. The summed E-state index contributed by atoms with van der Waals surface area (Å²) in [5.74, 6) is -0.0353. The minimum absolute atomic E-state index is 0.0353. The molecule has 1 aliphatic carbocycles. The number of rotatable bonds is 2. The van der Waals surface area contributed by atoms with Crippen LogP contribution in [-0.4, -0.2) is 27.0 Å².